The number of anilines is 1. The summed E-state index contributed by atoms with van der Waals surface area (Å²) in [5.41, 5.74) is 2.18. The van der Waals surface area contributed by atoms with Crippen LogP contribution in [0, 0.1) is 6.92 Å². The topological polar surface area (TPSA) is 96.0 Å². The standard InChI is InChI=1S/C33H40BrN3O5S/c1-4-42-30-18-16-29(17-19-30)37(43(40,41)31-20-14-27(34)15-21-31)23-32(38)36(22-26-11-9-8-10-24(26)2)25(3)33(39)35-28-12-6-5-7-13-28/h8-11,14-21,25,28H,4-7,12-13,22-23H2,1-3H3,(H,35,39)/t25-/m1/s1. The van der Waals surface area contributed by atoms with E-state index in [1.54, 1.807) is 43.3 Å². The SMILES string of the molecule is CCOc1ccc(N(CC(=O)N(Cc2ccccc2C)[C@H](C)C(=O)NC2CCCCC2)S(=O)(=O)c2ccc(Br)cc2)cc1. The van der Waals surface area contributed by atoms with Crippen LogP contribution >= 0.6 is 15.9 Å². The zero-order valence-corrected chi connectivity index (χ0v) is 27.4. The van der Waals surface area contributed by atoms with Gasteiger partial charge in [0.05, 0.1) is 17.2 Å². The van der Waals surface area contributed by atoms with Gasteiger partial charge in [0.25, 0.3) is 10.0 Å². The zero-order chi connectivity index (χ0) is 31.0. The highest BCUT2D eigenvalue weighted by molar-refractivity contribution is 9.10. The third-order valence-corrected chi connectivity index (χ3v) is 10.2. The Hall–Kier alpha value is -3.37. The number of rotatable bonds is 12. The number of carbonyl (C=O) groups excluding carboxylic acids is 2. The van der Waals surface area contributed by atoms with Crippen molar-refractivity contribution in [3.63, 3.8) is 0 Å². The molecule has 0 heterocycles. The van der Waals surface area contributed by atoms with E-state index < -0.39 is 28.5 Å². The lowest BCUT2D eigenvalue weighted by Gasteiger charge is -2.33. The van der Waals surface area contributed by atoms with E-state index in [-0.39, 0.29) is 23.4 Å². The number of ether oxygens (including phenoxy) is 1. The minimum absolute atomic E-state index is 0.0472. The lowest BCUT2D eigenvalue weighted by molar-refractivity contribution is -0.139. The van der Waals surface area contributed by atoms with Crippen LogP contribution in [0.1, 0.15) is 57.1 Å². The Morgan fingerprint density at radius 2 is 1.63 bits per heavy atom. The number of amides is 2. The number of halogens is 1. The molecule has 0 bridgehead atoms. The highest BCUT2D eigenvalue weighted by Crippen LogP contribution is 2.28. The summed E-state index contributed by atoms with van der Waals surface area (Å²) in [6.07, 6.45) is 5.13. The predicted octanol–water partition coefficient (Wildman–Crippen LogP) is 6.22. The normalized spacial score (nSPS) is 14.5. The first-order chi connectivity index (χ1) is 20.6. The molecule has 0 unspecified atom stereocenters. The van der Waals surface area contributed by atoms with Gasteiger partial charge in [-0.2, -0.15) is 0 Å². The number of carbonyl (C=O) groups is 2. The number of sulfonamides is 1. The molecule has 0 saturated heterocycles. The van der Waals surface area contributed by atoms with Gasteiger partial charge in [0.2, 0.25) is 11.8 Å². The summed E-state index contributed by atoms with van der Waals surface area (Å²) >= 11 is 3.36. The van der Waals surface area contributed by atoms with Gasteiger partial charge >= 0.3 is 0 Å². The van der Waals surface area contributed by atoms with Crippen LogP contribution in [0.4, 0.5) is 5.69 Å². The van der Waals surface area contributed by atoms with E-state index in [1.807, 2.05) is 38.1 Å². The molecule has 230 valence electrons. The van der Waals surface area contributed by atoms with Gasteiger partial charge in [-0.25, -0.2) is 8.42 Å². The van der Waals surface area contributed by atoms with Crippen LogP contribution < -0.4 is 14.4 Å². The van der Waals surface area contributed by atoms with Crippen molar-refractivity contribution in [2.45, 2.75) is 76.4 Å². The number of aryl methyl sites for hydroxylation is 1. The molecule has 2 amide bonds. The average molecular weight is 671 g/mol. The van der Waals surface area contributed by atoms with Crippen molar-refractivity contribution in [1.82, 2.24) is 10.2 Å². The first-order valence-corrected chi connectivity index (χ1v) is 17.0. The molecule has 43 heavy (non-hydrogen) atoms. The van der Waals surface area contributed by atoms with Crippen molar-refractivity contribution in [2.75, 3.05) is 17.5 Å². The molecular weight excluding hydrogens is 630 g/mol. The van der Waals surface area contributed by atoms with E-state index in [1.165, 1.54) is 17.0 Å². The largest absolute Gasteiger partial charge is 0.494 e. The van der Waals surface area contributed by atoms with Crippen LogP contribution in [0.25, 0.3) is 0 Å². The summed E-state index contributed by atoms with van der Waals surface area (Å²) in [7, 11) is -4.15. The fourth-order valence-electron chi connectivity index (χ4n) is 5.26. The van der Waals surface area contributed by atoms with Crippen LogP contribution in [0.5, 0.6) is 5.75 Å². The van der Waals surface area contributed by atoms with E-state index in [9.17, 15) is 18.0 Å². The van der Waals surface area contributed by atoms with Gasteiger partial charge in [-0.05, 0) is 93.3 Å². The molecule has 8 nitrogen and oxygen atoms in total. The molecule has 1 atom stereocenters. The van der Waals surface area contributed by atoms with E-state index in [2.05, 4.69) is 21.2 Å². The molecule has 1 aliphatic rings. The van der Waals surface area contributed by atoms with Crippen LogP contribution in [0.3, 0.4) is 0 Å². The Balaban J connectivity index is 1.68. The van der Waals surface area contributed by atoms with Crippen LogP contribution in [0.15, 0.2) is 82.2 Å². The molecule has 1 fully saturated rings. The van der Waals surface area contributed by atoms with Crippen molar-refractivity contribution >= 4 is 43.5 Å². The first kappa shape index (κ1) is 32.5. The Kier molecular flexibility index (Phi) is 11.3. The first-order valence-electron chi connectivity index (χ1n) is 14.8. The highest BCUT2D eigenvalue weighted by Gasteiger charge is 2.33. The number of hydrogen-bond donors (Lipinski definition) is 1. The van der Waals surface area contributed by atoms with Crippen molar-refractivity contribution in [1.29, 1.82) is 0 Å². The number of hydrogen-bond acceptors (Lipinski definition) is 5. The molecule has 3 aromatic carbocycles. The molecule has 4 rings (SSSR count). The number of nitrogens with zero attached hydrogens (tertiary/aromatic N) is 2. The van der Waals surface area contributed by atoms with Crippen molar-refractivity contribution in [3.05, 3.63) is 88.4 Å². The van der Waals surface area contributed by atoms with Gasteiger partial charge in [0, 0.05) is 17.1 Å². The maximum Gasteiger partial charge on any atom is 0.264 e. The van der Waals surface area contributed by atoms with Gasteiger partial charge < -0.3 is 15.0 Å². The maximum absolute atomic E-state index is 14.2. The molecule has 1 saturated carbocycles. The Labute approximate surface area is 263 Å². The molecule has 0 aromatic heterocycles. The molecule has 0 spiro atoms. The molecule has 10 heteroatoms. The quantitative estimate of drug-likeness (QED) is 0.247. The Morgan fingerprint density at radius 1 is 0.977 bits per heavy atom. The summed E-state index contributed by atoms with van der Waals surface area (Å²) in [5.74, 6) is -0.130. The summed E-state index contributed by atoms with van der Waals surface area (Å²) in [6.45, 7) is 5.67. The van der Waals surface area contributed by atoms with Crippen LogP contribution in [-0.2, 0) is 26.2 Å². The summed E-state index contributed by atoms with van der Waals surface area (Å²) in [4.78, 5) is 29.2. The monoisotopic (exact) mass is 669 g/mol. The van der Waals surface area contributed by atoms with Gasteiger partial charge in [-0.1, -0.05) is 59.5 Å². The lowest BCUT2D eigenvalue weighted by Crippen LogP contribution is -2.53. The van der Waals surface area contributed by atoms with Crippen LogP contribution in [-0.4, -0.2) is 50.4 Å². The fourth-order valence-corrected chi connectivity index (χ4v) is 6.94. The van der Waals surface area contributed by atoms with E-state index in [4.69, 9.17) is 4.74 Å². The maximum atomic E-state index is 14.2. The number of nitrogens with one attached hydrogen (secondary N) is 1. The summed E-state index contributed by atoms with van der Waals surface area (Å²) in [5, 5.41) is 3.14. The van der Waals surface area contributed by atoms with Gasteiger partial charge in [-0.3, -0.25) is 13.9 Å². The van der Waals surface area contributed by atoms with Gasteiger partial charge in [0.1, 0.15) is 18.3 Å². The van der Waals surface area contributed by atoms with Crippen molar-refractivity contribution in [3.8, 4) is 5.75 Å². The summed E-state index contributed by atoms with van der Waals surface area (Å²) < 4.78 is 35.4. The van der Waals surface area contributed by atoms with E-state index in [0.29, 0.717) is 18.0 Å². The average Bonchev–Trinajstić information content (AvgIpc) is 3.00. The third-order valence-electron chi connectivity index (χ3n) is 7.84. The van der Waals surface area contributed by atoms with Crippen LogP contribution in [0.2, 0.25) is 0 Å². The molecule has 1 N–H and O–H groups in total. The van der Waals surface area contributed by atoms with Crippen molar-refractivity contribution < 1.29 is 22.7 Å². The second-order valence-electron chi connectivity index (χ2n) is 10.9. The third kappa shape index (κ3) is 8.38. The number of benzene rings is 3. The van der Waals surface area contributed by atoms with Crippen molar-refractivity contribution in [2.24, 2.45) is 0 Å². The molecule has 0 aliphatic heterocycles. The molecular formula is C33H40BrN3O5S. The lowest BCUT2D eigenvalue weighted by atomic mass is 9.95. The molecule has 1 aliphatic carbocycles. The molecule has 0 radical (unpaired) electrons. The molecule has 3 aromatic rings. The van der Waals surface area contributed by atoms with Gasteiger partial charge in [-0.15, -0.1) is 0 Å². The highest BCUT2D eigenvalue weighted by atomic mass is 79.9. The minimum atomic E-state index is -4.15. The van der Waals surface area contributed by atoms with E-state index in [0.717, 1.165) is 52.0 Å². The Bertz CT molecular complexity index is 1490. The Morgan fingerprint density at radius 3 is 2.26 bits per heavy atom. The zero-order valence-electron chi connectivity index (χ0n) is 25.0. The smallest absolute Gasteiger partial charge is 0.264 e. The fraction of sp³-hybridized carbons (Fsp3) is 0.394. The predicted molar refractivity (Wildman–Crippen MR) is 172 cm³/mol. The van der Waals surface area contributed by atoms with Gasteiger partial charge in [0.15, 0.2) is 0 Å². The summed E-state index contributed by atoms with van der Waals surface area (Å²) in [6, 6.07) is 19.8. The minimum Gasteiger partial charge on any atom is -0.494 e. The second kappa shape index (κ2) is 14.9. The second-order valence-corrected chi connectivity index (χ2v) is 13.6. The van der Waals surface area contributed by atoms with E-state index >= 15 is 0 Å².